The topological polar surface area (TPSA) is 20.2 Å². The standard InChI is InChI=1S/C12H12O/c1-9-11-6-4-2-3-5-10(11)7-8-12(9)13/h3-8,13H,2H2,1H3. The zero-order valence-electron chi connectivity index (χ0n) is 7.62. The Labute approximate surface area is 78.0 Å². The van der Waals surface area contributed by atoms with Crippen molar-refractivity contribution in [3.8, 4) is 5.75 Å². The second-order valence-corrected chi connectivity index (χ2v) is 3.25. The number of phenols is 1. The average molecular weight is 172 g/mol. The van der Waals surface area contributed by atoms with E-state index in [4.69, 9.17) is 0 Å². The van der Waals surface area contributed by atoms with Crippen LogP contribution < -0.4 is 0 Å². The molecule has 0 aliphatic heterocycles. The van der Waals surface area contributed by atoms with Crippen LogP contribution in [0.25, 0.3) is 12.2 Å². The zero-order chi connectivity index (χ0) is 9.26. The molecule has 1 aromatic rings. The fraction of sp³-hybridized carbons (Fsp3) is 0.167. The first kappa shape index (κ1) is 8.11. The molecule has 0 fully saturated rings. The zero-order valence-corrected chi connectivity index (χ0v) is 7.62. The van der Waals surface area contributed by atoms with E-state index in [1.165, 1.54) is 5.56 Å². The van der Waals surface area contributed by atoms with Gasteiger partial charge in [0.05, 0.1) is 0 Å². The minimum Gasteiger partial charge on any atom is -0.508 e. The minimum absolute atomic E-state index is 0.374. The molecule has 0 saturated heterocycles. The van der Waals surface area contributed by atoms with Gasteiger partial charge in [0.1, 0.15) is 5.75 Å². The van der Waals surface area contributed by atoms with E-state index >= 15 is 0 Å². The molecule has 1 aliphatic rings. The third-order valence-corrected chi connectivity index (χ3v) is 2.37. The predicted molar refractivity (Wildman–Crippen MR) is 55.5 cm³/mol. The van der Waals surface area contributed by atoms with Gasteiger partial charge in [-0.1, -0.05) is 30.4 Å². The van der Waals surface area contributed by atoms with Crippen LogP contribution in [0.1, 0.15) is 23.1 Å². The Kier molecular flexibility index (Phi) is 1.93. The van der Waals surface area contributed by atoms with Gasteiger partial charge in [0.25, 0.3) is 0 Å². The number of fused-ring (bicyclic) bond motifs is 1. The lowest BCUT2D eigenvalue weighted by atomic mass is 10.0. The van der Waals surface area contributed by atoms with Gasteiger partial charge >= 0.3 is 0 Å². The number of benzene rings is 1. The summed E-state index contributed by atoms with van der Waals surface area (Å²) in [5, 5.41) is 9.51. The molecule has 0 spiro atoms. The predicted octanol–water partition coefficient (Wildman–Crippen LogP) is 3.13. The molecule has 0 atom stereocenters. The summed E-state index contributed by atoms with van der Waals surface area (Å²) in [6.45, 7) is 1.94. The van der Waals surface area contributed by atoms with Crippen molar-refractivity contribution in [1.82, 2.24) is 0 Å². The molecule has 0 saturated carbocycles. The van der Waals surface area contributed by atoms with Crippen LogP contribution in [0.4, 0.5) is 0 Å². The van der Waals surface area contributed by atoms with Crippen LogP contribution in [-0.4, -0.2) is 5.11 Å². The maximum Gasteiger partial charge on any atom is 0.119 e. The van der Waals surface area contributed by atoms with Crippen LogP contribution in [0, 0.1) is 6.92 Å². The minimum atomic E-state index is 0.374. The molecule has 0 amide bonds. The Morgan fingerprint density at radius 1 is 1.15 bits per heavy atom. The molecule has 1 N–H and O–H groups in total. The number of allylic oxidation sites excluding steroid dienone is 2. The maximum absolute atomic E-state index is 9.51. The fourth-order valence-corrected chi connectivity index (χ4v) is 1.56. The van der Waals surface area contributed by atoms with Crippen LogP contribution in [0.15, 0.2) is 24.3 Å². The van der Waals surface area contributed by atoms with Crippen molar-refractivity contribution in [2.45, 2.75) is 13.3 Å². The molecule has 2 rings (SSSR count). The molecule has 1 aromatic carbocycles. The molecule has 0 aromatic heterocycles. The van der Waals surface area contributed by atoms with Crippen molar-refractivity contribution in [2.24, 2.45) is 0 Å². The van der Waals surface area contributed by atoms with E-state index in [0.717, 1.165) is 17.5 Å². The van der Waals surface area contributed by atoms with Crippen LogP contribution in [-0.2, 0) is 0 Å². The van der Waals surface area contributed by atoms with Crippen molar-refractivity contribution in [2.75, 3.05) is 0 Å². The lowest BCUT2D eigenvalue weighted by Crippen LogP contribution is -1.85. The first-order valence-electron chi connectivity index (χ1n) is 4.44. The highest BCUT2D eigenvalue weighted by molar-refractivity contribution is 5.71. The summed E-state index contributed by atoms with van der Waals surface area (Å²) in [6, 6.07) is 3.70. The Bertz CT molecular complexity index is 386. The number of rotatable bonds is 0. The van der Waals surface area contributed by atoms with E-state index < -0.39 is 0 Å². The highest BCUT2D eigenvalue weighted by atomic mass is 16.3. The Morgan fingerprint density at radius 3 is 2.77 bits per heavy atom. The summed E-state index contributed by atoms with van der Waals surface area (Å²) in [5.41, 5.74) is 3.28. The smallest absolute Gasteiger partial charge is 0.119 e. The van der Waals surface area contributed by atoms with Crippen molar-refractivity contribution >= 4 is 12.2 Å². The average Bonchev–Trinajstić information content (AvgIpc) is 2.36. The largest absolute Gasteiger partial charge is 0.508 e. The van der Waals surface area contributed by atoms with Crippen molar-refractivity contribution < 1.29 is 5.11 Å². The van der Waals surface area contributed by atoms with Crippen LogP contribution in [0.5, 0.6) is 5.75 Å². The quantitative estimate of drug-likeness (QED) is 0.637. The molecule has 0 radical (unpaired) electrons. The lowest BCUT2D eigenvalue weighted by Gasteiger charge is -2.06. The van der Waals surface area contributed by atoms with Gasteiger partial charge in [-0.25, -0.2) is 0 Å². The van der Waals surface area contributed by atoms with E-state index in [1.54, 1.807) is 6.07 Å². The van der Waals surface area contributed by atoms with Gasteiger partial charge in [0, 0.05) is 0 Å². The summed E-state index contributed by atoms with van der Waals surface area (Å²) in [6.07, 6.45) is 9.37. The molecular weight excluding hydrogens is 160 g/mol. The van der Waals surface area contributed by atoms with Crippen molar-refractivity contribution in [3.63, 3.8) is 0 Å². The van der Waals surface area contributed by atoms with Gasteiger partial charge in [0.2, 0.25) is 0 Å². The van der Waals surface area contributed by atoms with Crippen LogP contribution >= 0.6 is 0 Å². The number of phenolic OH excluding ortho intramolecular Hbond substituents is 1. The van der Waals surface area contributed by atoms with E-state index in [2.05, 4.69) is 24.3 Å². The highest BCUT2D eigenvalue weighted by Crippen LogP contribution is 2.27. The summed E-state index contributed by atoms with van der Waals surface area (Å²) in [5.74, 6) is 0.374. The summed E-state index contributed by atoms with van der Waals surface area (Å²) >= 11 is 0. The molecule has 13 heavy (non-hydrogen) atoms. The second kappa shape index (κ2) is 3.09. The van der Waals surface area contributed by atoms with Crippen LogP contribution in [0.2, 0.25) is 0 Å². The van der Waals surface area contributed by atoms with Gasteiger partial charge < -0.3 is 5.11 Å². The van der Waals surface area contributed by atoms with E-state index in [9.17, 15) is 5.11 Å². The van der Waals surface area contributed by atoms with Gasteiger partial charge in [-0.05, 0) is 36.1 Å². The van der Waals surface area contributed by atoms with Crippen molar-refractivity contribution in [1.29, 1.82) is 0 Å². The third kappa shape index (κ3) is 1.37. The van der Waals surface area contributed by atoms with Gasteiger partial charge in [-0.15, -0.1) is 0 Å². The molecular formula is C12H12O. The van der Waals surface area contributed by atoms with E-state index in [0.29, 0.717) is 5.75 Å². The van der Waals surface area contributed by atoms with Crippen LogP contribution in [0.3, 0.4) is 0 Å². The van der Waals surface area contributed by atoms with Gasteiger partial charge in [-0.3, -0.25) is 0 Å². The lowest BCUT2D eigenvalue weighted by molar-refractivity contribution is 0.471. The normalized spacial score (nSPS) is 13.9. The fourth-order valence-electron chi connectivity index (χ4n) is 1.56. The summed E-state index contributed by atoms with van der Waals surface area (Å²) < 4.78 is 0. The molecule has 0 bridgehead atoms. The number of hydrogen-bond donors (Lipinski definition) is 1. The Morgan fingerprint density at radius 2 is 1.92 bits per heavy atom. The SMILES string of the molecule is Cc1c(O)ccc2c1C=CCC=C2. The Balaban J connectivity index is 2.68. The summed E-state index contributed by atoms with van der Waals surface area (Å²) in [7, 11) is 0. The third-order valence-electron chi connectivity index (χ3n) is 2.37. The molecule has 1 aliphatic carbocycles. The maximum atomic E-state index is 9.51. The first-order valence-corrected chi connectivity index (χ1v) is 4.44. The summed E-state index contributed by atoms with van der Waals surface area (Å²) in [4.78, 5) is 0. The second-order valence-electron chi connectivity index (χ2n) is 3.25. The monoisotopic (exact) mass is 172 g/mol. The Hall–Kier alpha value is -1.50. The highest BCUT2D eigenvalue weighted by Gasteiger charge is 2.05. The number of hydrogen-bond acceptors (Lipinski definition) is 1. The number of aromatic hydroxyl groups is 1. The van der Waals surface area contributed by atoms with E-state index in [-0.39, 0.29) is 0 Å². The molecule has 66 valence electrons. The molecule has 1 nitrogen and oxygen atoms in total. The van der Waals surface area contributed by atoms with Gasteiger partial charge in [0.15, 0.2) is 0 Å². The first-order chi connectivity index (χ1) is 6.29. The molecule has 0 unspecified atom stereocenters. The molecule has 1 heteroatoms. The van der Waals surface area contributed by atoms with E-state index in [1.807, 2.05) is 13.0 Å². The van der Waals surface area contributed by atoms with Crippen molar-refractivity contribution in [3.05, 3.63) is 41.0 Å². The molecule has 0 heterocycles. The van der Waals surface area contributed by atoms with Gasteiger partial charge in [-0.2, -0.15) is 0 Å².